The van der Waals surface area contributed by atoms with Gasteiger partial charge in [0.1, 0.15) is 5.60 Å². The smallest absolute Gasteiger partial charge is 0.381 e. The third-order valence-electron chi connectivity index (χ3n) is 3.09. The summed E-state index contributed by atoms with van der Waals surface area (Å²) in [6.07, 6.45) is -4.41. The summed E-state index contributed by atoms with van der Waals surface area (Å²) in [5.74, 6) is 0. The average Bonchev–Trinajstić information content (AvgIpc) is 2.39. The lowest BCUT2D eigenvalue weighted by molar-refractivity contribution is -0.137. The van der Waals surface area contributed by atoms with Crippen molar-refractivity contribution in [2.45, 2.75) is 18.7 Å². The number of benzene rings is 2. The van der Waals surface area contributed by atoms with Crippen LogP contribution in [-0.2, 0) is 11.8 Å². The van der Waals surface area contributed by atoms with Gasteiger partial charge in [0, 0.05) is 0 Å². The molecular weight excluding hydrogens is 253 g/mol. The van der Waals surface area contributed by atoms with Crippen LogP contribution in [0.25, 0.3) is 0 Å². The monoisotopic (exact) mass is 266 g/mol. The second kappa shape index (κ2) is 4.70. The topological polar surface area (TPSA) is 20.2 Å². The minimum atomic E-state index is -4.41. The first kappa shape index (κ1) is 13.6. The van der Waals surface area contributed by atoms with E-state index in [-0.39, 0.29) is 5.56 Å². The van der Waals surface area contributed by atoms with Gasteiger partial charge in [-0.25, -0.2) is 0 Å². The molecule has 0 aliphatic heterocycles. The fourth-order valence-electron chi connectivity index (χ4n) is 1.93. The molecular formula is C15H13F3O. The number of rotatable bonds is 2. The lowest BCUT2D eigenvalue weighted by atomic mass is 9.87. The van der Waals surface area contributed by atoms with Gasteiger partial charge in [-0.2, -0.15) is 13.2 Å². The van der Waals surface area contributed by atoms with Crippen LogP contribution in [0, 0.1) is 0 Å². The van der Waals surface area contributed by atoms with Crippen LogP contribution in [0.3, 0.4) is 0 Å². The molecule has 0 bridgehead atoms. The Labute approximate surface area is 109 Å². The number of alkyl halides is 3. The van der Waals surface area contributed by atoms with Crippen LogP contribution in [0.4, 0.5) is 13.2 Å². The summed E-state index contributed by atoms with van der Waals surface area (Å²) in [6, 6.07) is 13.4. The molecule has 0 fully saturated rings. The Bertz CT molecular complexity index is 559. The summed E-state index contributed by atoms with van der Waals surface area (Å²) >= 11 is 0. The Hall–Kier alpha value is -1.81. The summed E-state index contributed by atoms with van der Waals surface area (Å²) in [5.41, 5.74) is -1.45. The first-order valence-corrected chi connectivity index (χ1v) is 5.77. The number of hydrogen-bond donors (Lipinski definition) is 1. The van der Waals surface area contributed by atoms with E-state index < -0.39 is 17.3 Å². The maximum Gasteiger partial charge on any atom is 0.416 e. The molecule has 4 heteroatoms. The predicted molar refractivity (Wildman–Crippen MR) is 66.6 cm³/mol. The fourth-order valence-corrected chi connectivity index (χ4v) is 1.93. The van der Waals surface area contributed by atoms with Crippen molar-refractivity contribution in [1.29, 1.82) is 0 Å². The van der Waals surface area contributed by atoms with Crippen molar-refractivity contribution in [3.63, 3.8) is 0 Å². The maximum absolute atomic E-state index is 12.7. The number of hydrogen-bond acceptors (Lipinski definition) is 1. The van der Waals surface area contributed by atoms with Crippen LogP contribution in [-0.4, -0.2) is 5.11 Å². The quantitative estimate of drug-likeness (QED) is 0.872. The van der Waals surface area contributed by atoms with Gasteiger partial charge in [0.2, 0.25) is 0 Å². The molecule has 0 radical (unpaired) electrons. The predicted octanol–water partition coefficient (Wildman–Crippen LogP) is 3.96. The summed E-state index contributed by atoms with van der Waals surface area (Å²) < 4.78 is 38.0. The van der Waals surface area contributed by atoms with Gasteiger partial charge in [0.15, 0.2) is 0 Å². The zero-order chi connectivity index (χ0) is 14.1. The Morgan fingerprint density at radius 3 is 1.89 bits per heavy atom. The minimum Gasteiger partial charge on any atom is -0.381 e. The van der Waals surface area contributed by atoms with Crippen molar-refractivity contribution in [2.24, 2.45) is 0 Å². The van der Waals surface area contributed by atoms with E-state index in [0.717, 1.165) is 12.1 Å². The molecule has 1 nitrogen and oxygen atoms in total. The number of aliphatic hydroxyl groups is 1. The van der Waals surface area contributed by atoms with Crippen LogP contribution in [0.1, 0.15) is 23.6 Å². The molecule has 0 aromatic heterocycles. The van der Waals surface area contributed by atoms with E-state index >= 15 is 0 Å². The van der Waals surface area contributed by atoms with Gasteiger partial charge in [0.25, 0.3) is 0 Å². The molecule has 0 amide bonds. The summed E-state index contributed by atoms with van der Waals surface area (Å²) in [4.78, 5) is 0. The molecule has 1 unspecified atom stereocenters. The van der Waals surface area contributed by atoms with Crippen molar-refractivity contribution in [1.82, 2.24) is 0 Å². The van der Waals surface area contributed by atoms with E-state index in [1.807, 2.05) is 0 Å². The molecule has 0 saturated heterocycles. The standard InChI is InChI=1S/C15H13F3O/c1-14(19,11-6-3-2-4-7-11)12-8-5-9-13(10-12)15(16,17)18/h2-10,19H,1H3. The number of halogens is 3. The largest absolute Gasteiger partial charge is 0.416 e. The summed E-state index contributed by atoms with van der Waals surface area (Å²) in [6.45, 7) is 1.48. The zero-order valence-corrected chi connectivity index (χ0v) is 10.3. The molecule has 100 valence electrons. The minimum absolute atomic E-state index is 0.216. The van der Waals surface area contributed by atoms with Gasteiger partial charge in [-0.15, -0.1) is 0 Å². The molecule has 0 spiro atoms. The lowest BCUT2D eigenvalue weighted by Crippen LogP contribution is -2.23. The van der Waals surface area contributed by atoms with Crippen molar-refractivity contribution in [2.75, 3.05) is 0 Å². The van der Waals surface area contributed by atoms with Crippen molar-refractivity contribution < 1.29 is 18.3 Å². The first-order chi connectivity index (χ1) is 8.82. The fraction of sp³-hybridized carbons (Fsp3) is 0.200. The highest BCUT2D eigenvalue weighted by Crippen LogP contribution is 2.34. The van der Waals surface area contributed by atoms with E-state index in [4.69, 9.17) is 0 Å². The van der Waals surface area contributed by atoms with Crippen LogP contribution in [0.15, 0.2) is 54.6 Å². The van der Waals surface area contributed by atoms with Gasteiger partial charge in [-0.05, 0) is 30.2 Å². The zero-order valence-electron chi connectivity index (χ0n) is 10.3. The Morgan fingerprint density at radius 1 is 0.789 bits per heavy atom. The SMILES string of the molecule is CC(O)(c1ccccc1)c1cccc(C(F)(F)F)c1. The van der Waals surface area contributed by atoms with Gasteiger partial charge in [-0.1, -0.05) is 42.5 Å². The van der Waals surface area contributed by atoms with E-state index in [9.17, 15) is 18.3 Å². The molecule has 2 aromatic rings. The third-order valence-corrected chi connectivity index (χ3v) is 3.09. The molecule has 0 aliphatic carbocycles. The van der Waals surface area contributed by atoms with Crippen LogP contribution < -0.4 is 0 Å². The summed E-state index contributed by atoms with van der Waals surface area (Å²) in [5, 5.41) is 10.5. The third kappa shape index (κ3) is 2.79. The van der Waals surface area contributed by atoms with Crippen LogP contribution in [0.5, 0.6) is 0 Å². The molecule has 2 aromatic carbocycles. The maximum atomic E-state index is 12.7. The van der Waals surface area contributed by atoms with Gasteiger partial charge in [0.05, 0.1) is 5.56 Å². The first-order valence-electron chi connectivity index (χ1n) is 5.77. The van der Waals surface area contributed by atoms with Crippen LogP contribution >= 0.6 is 0 Å². The van der Waals surface area contributed by atoms with E-state index in [1.165, 1.54) is 19.1 Å². The van der Waals surface area contributed by atoms with Gasteiger partial charge in [-0.3, -0.25) is 0 Å². The highest BCUT2D eigenvalue weighted by atomic mass is 19.4. The molecule has 2 rings (SSSR count). The van der Waals surface area contributed by atoms with E-state index in [1.54, 1.807) is 30.3 Å². The van der Waals surface area contributed by atoms with Crippen LogP contribution in [0.2, 0.25) is 0 Å². The van der Waals surface area contributed by atoms with Crippen molar-refractivity contribution in [3.8, 4) is 0 Å². The van der Waals surface area contributed by atoms with E-state index in [2.05, 4.69) is 0 Å². The van der Waals surface area contributed by atoms with E-state index in [0.29, 0.717) is 5.56 Å². The highest BCUT2D eigenvalue weighted by Gasteiger charge is 2.33. The molecule has 0 saturated carbocycles. The Morgan fingerprint density at radius 2 is 1.32 bits per heavy atom. The molecule has 0 heterocycles. The van der Waals surface area contributed by atoms with Gasteiger partial charge >= 0.3 is 6.18 Å². The molecule has 0 aliphatic rings. The average molecular weight is 266 g/mol. The van der Waals surface area contributed by atoms with Gasteiger partial charge < -0.3 is 5.11 Å². The second-order valence-electron chi connectivity index (χ2n) is 4.52. The highest BCUT2D eigenvalue weighted by molar-refractivity contribution is 5.37. The van der Waals surface area contributed by atoms with Crippen molar-refractivity contribution in [3.05, 3.63) is 71.3 Å². The normalized spacial score (nSPS) is 15.0. The molecule has 1 atom stereocenters. The summed E-state index contributed by atoms with van der Waals surface area (Å²) in [7, 11) is 0. The molecule has 19 heavy (non-hydrogen) atoms. The van der Waals surface area contributed by atoms with Crippen molar-refractivity contribution >= 4 is 0 Å². The molecule has 1 N–H and O–H groups in total. The lowest BCUT2D eigenvalue weighted by Gasteiger charge is -2.25. The Balaban J connectivity index is 2.47. The second-order valence-corrected chi connectivity index (χ2v) is 4.52. The Kier molecular flexibility index (Phi) is 3.37.